The van der Waals surface area contributed by atoms with Gasteiger partial charge in [0, 0.05) is 25.4 Å². The molecule has 1 aliphatic heterocycles. The van der Waals surface area contributed by atoms with Gasteiger partial charge in [-0.15, -0.1) is 0 Å². The average molecular weight is 268 g/mol. The van der Waals surface area contributed by atoms with Gasteiger partial charge in [-0.2, -0.15) is 0 Å². The molecule has 4 nitrogen and oxygen atoms in total. The molecule has 0 aromatic carbocycles. The van der Waals surface area contributed by atoms with Crippen molar-refractivity contribution in [2.24, 2.45) is 11.7 Å². The van der Waals surface area contributed by atoms with Gasteiger partial charge in [0.2, 0.25) is 5.91 Å². The smallest absolute Gasteiger partial charge is 0.222 e. The minimum Gasteiger partial charge on any atom is -0.389 e. The molecule has 1 amide bonds. The summed E-state index contributed by atoms with van der Waals surface area (Å²) >= 11 is 0. The van der Waals surface area contributed by atoms with Crippen molar-refractivity contribution in [1.29, 1.82) is 0 Å². The zero-order chi connectivity index (χ0) is 13.7. The van der Waals surface area contributed by atoms with E-state index in [0.717, 1.165) is 58.0 Å². The van der Waals surface area contributed by atoms with Gasteiger partial charge in [-0.1, -0.05) is 19.3 Å². The molecular formula is C15H28N2O2. The van der Waals surface area contributed by atoms with E-state index < -0.39 is 5.60 Å². The highest BCUT2D eigenvalue weighted by Crippen LogP contribution is 2.39. The Balaban J connectivity index is 1.78. The SMILES string of the molecule is NCCCCCC(=O)N1CCC2(O)CCCCC2C1. The molecule has 0 aromatic heterocycles. The van der Waals surface area contributed by atoms with Crippen molar-refractivity contribution in [3.05, 3.63) is 0 Å². The van der Waals surface area contributed by atoms with Gasteiger partial charge < -0.3 is 15.7 Å². The highest BCUT2D eigenvalue weighted by Gasteiger charge is 2.43. The summed E-state index contributed by atoms with van der Waals surface area (Å²) in [7, 11) is 0. The fraction of sp³-hybridized carbons (Fsp3) is 0.933. The second-order valence-electron chi connectivity index (χ2n) is 6.24. The number of hydrogen-bond donors (Lipinski definition) is 2. The summed E-state index contributed by atoms with van der Waals surface area (Å²) < 4.78 is 0. The summed E-state index contributed by atoms with van der Waals surface area (Å²) in [5, 5.41) is 10.6. The molecule has 4 heteroatoms. The van der Waals surface area contributed by atoms with Gasteiger partial charge in [0.05, 0.1) is 5.60 Å². The Morgan fingerprint density at radius 2 is 2.11 bits per heavy atom. The molecule has 0 radical (unpaired) electrons. The summed E-state index contributed by atoms with van der Waals surface area (Å²) in [6, 6.07) is 0. The average Bonchev–Trinajstić information content (AvgIpc) is 2.42. The van der Waals surface area contributed by atoms with E-state index in [1.807, 2.05) is 4.90 Å². The third-order valence-electron chi connectivity index (χ3n) is 4.88. The number of nitrogens with two attached hydrogens (primary N) is 1. The Hall–Kier alpha value is -0.610. The van der Waals surface area contributed by atoms with Crippen molar-refractivity contribution in [2.75, 3.05) is 19.6 Å². The molecular weight excluding hydrogens is 240 g/mol. The molecule has 0 aromatic rings. The molecule has 2 rings (SSSR count). The van der Waals surface area contributed by atoms with Gasteiger partial charge in [-0.05, 0) is 38.6 Å². The third-order valence-corrected chi connectivity index (χ3v) is 4.88. The van der Waals surface area contributed by atoms with Crippen LogP contribution < -0.4 is 5.73 Å². The van der Waals surface area contributed by atoms with E-state index in [1.165, 1.54) is 6.42 Å². The standard InChI is InChI=1S/C15H28N2O2/c16-10-5-1-2-7-14(18)17-11-9-15(19)8-4-3-6-13(15)12-17/h13,19H,1-12,16H2. The molecule has 0 bridgehead atoms. The number of likely N-dealkylation sites (tertiary alicyclic amines) is 1. The second-order valence-corrected chi connectivity index (χ2v) is 6.24. The first-order valence-corrected chi connectivity index (χ1v) is 7.86. The van der Waals surface area contributed by atoms with Gasteiger partial charge in [0.25, 0.3) is 0 Å². The van der Waals surface area contributed by atoms with Crippen molar-refractivity contribution in [3.8, 4) is 0 Å². The quantitative estimate of drug-likeness (QED) is 0.745. The van der Waals surface area contributed by atoms with Gasteiger partial charge in [-0.25, -0.2) is 0 Å². The molecule has 1 saturated carbocycles. The number of rotatable bonds is 5. The molecule has 3 N–H and O–H groups in total. The summed E-state index contributed by atoms with van der Waals surface area (Å²) in [6.45, 7) is 2.22. The first kappa shape index (κ1) is 14.8. The highest BCUT2D eigenvalue weighted by molar-refractivity contribution is 5.76. The Labute approximate surface area is 116 Å². The molecule has 2 atom stereocenters. The van der Waals surface area contributed by atoms with E-state index >= 15 is 0 Å². The van der Waals surface area contributed by atoms with Crippen molar-refractivity contribution in [2.45, 2.75) is 63.4 Å². The van der Waals surface area contributed by atoms with E-state index in [9.17, 15) is 9.90 Å². The van der Waals surface area contributed by atoms with Crippen molar-refractivity contribution >= 4 is 5.91 Å². The van der Waals surface area contributed by atoms with Crippen LogP contribution in [0.5, 0.6) is 0 Å². The molecule has 19 heavy (non-hydrogen) atoms. The lowest BCUT2D eigenvalue weighted by molar-refractivity contribution is -0.143. The van der Waals surface area contributed by atoms with Crippen LogP contribution >= 0.6 is 0 Å². The highest BCUT2D eigenvalue weighted by atomic mass is 16.3. The van der Waals surface area contributed by atoms with Gasteiger partial charge in [0.15, 0.2) is 0 Å². The molecule has 2 aliphatic rings. The number of carbonyl (C=O) groups is 1. The number of hydrogen-bond acceptors (Lipinski definition) is 3. The fourth-order valence-corrected chi connectivity index (χ4v) is 3.55. The van der Waals surface area contributed by atoms with Crippen molar-refractivity contribution in [3.63, 3.8) is 0 Å². The molecule has 1 saturated heterocycles. The zero-order valence-electron chi connectivity index (χ0n) is 11.9. The number of carbonyl (C=O) groups excluding carboxylic acids is 1. The minimum absolute atomic E-state index is 0.268. The molecule has 2 unspecified atom stereocenters. The lowest BCUT2D eigenvalue weighted by Gasteiger charge is -2.47. The van der Waals surface area contributed by atoms with E-state index in [2.05, 4.69) is 0 Å². The third kappa shape index (κ3) is 3.69. The van der Waals surface area contributed by atoms with Crippen LogP contribution in [0.4, 0.5) is 0 Å². The normalized spacial score (nSPS) is 31.1. The van der Waals surface area contributed by atoms with Crippen LogP contribution in [-0.2, 0) is 4.79 Å². The van der Waals surface area contributed by atoms with Gasteiger partial charge in [0.1, 0.15) is 0 Å². The van der Waals surface area contributed by atoms with Crippen LogP contribution in [0.3, 0.4) is 0 Å². The lowest BCUT2D eigenvalue weighted by Crippen LogP contribution is -2.54. The maximum absolute atomic E-state index is 12.2. The zero-order valence-corrected chi connectivity index (χ0v) is 11.9. The van der Waals surface area contributed by atoms with E-state index in [0.29, 0.717) is 18.9 Å². The lowest BCUT2D eigenvalue weighted by atomic mass is 9.71. The number of aliphatic hydroxyl groups is 1. The molecule has 1 aliphatic carbocycles. The van der Waals surface area contributed by atoms with Crippen LogP contribution in [0.1, 0.15) is 57.8 Å². The predicted octanol–water partition coefficient (Wildman–Crippen LogP) is 1.66. The summed E-state index contributed by atoms with van der Waals surface area (Å²) in [5.74, 6) is 0.577. The summed E-state index contributed by atoms with van der Waals surface area (Å²) in [5.41, 5.74) is 4.98. The Bertz CT molecular complexity index is 309. The number of amides is 1. The monoisotopic (exact) mass is 268 g/mol. The van der Waals surface area contributed by atoms with Crippen molar-refractivity contribution < 1.29 is 9.90 Å². The van der Waals surface area contributed by atoms with Gasteiger partial charge >= 0.3 is 0 Å². The second kappa shape index (κ2) is 6.71. The van der Waals surface area contributed by atoms with Crippen LogP contribution in [0.2, 0.25) is 0 Å². The van der Waals surface area contributed by atoms with E-state index in [-0.39, 0.29) is 5.91 Å². The summed E-state index contributed by atoms with van der Waals surface area (Å²) in [4.78, 5) is 14.1. The predicted molar refractivity (Wildman–Crippen MR) is 75.6 cm³/mol. The fourth-order valence-electron chi connectivity index (χ4n) is 3.55. The maximum atomic E-state index is 12.2. The first-order valence-electron chi connectivity index (χ1n) is 7.86. The molecule has 110 valence electrons. The maximum Gasteiger partial charge on any atom is 0.222 e. The molecule has 1 heterocycles. The Kier molecular flexibility index (Phi) is 5.22. The molecule has 0 spiro atoms. The number of unbranched alkanes of at least 4 members (excludes halogenated alkanes) is 2. The number of fused-ring (bicyclic) bond motifs is 1. The first-order chi connectivity index (χ1) is 9.15. The van der Waals surface area contributed by atoms with E-state index in [4.69, 9.17) is 5.73 Å². The topological polar surface area (TPSA) is 66.6 Å². The van der Waals surface area contributed by atoms with Crippen LogP contribution in [-0.4, -0.2) is 41.1 Å². The Morgan fingerprint density at radius 1 is 1.26 bits per heavy atom. The molecule has 2 fully saturated rings. The number of nitrogens with zero attached hydrogens (tertiary/aromatic N) is 1. The largest absolute Gasteiger partial charge is 0.389 e. The van der Waals surface area contributed by atoms with Crippen LogP contribution in [0.15, 0.2) is 0 Å². The van der Waals surface area contributed by atoms with Crippen LogP contribution in [0, 0.1) is 5.92 Å². The Morgan fingerprint density at radius 3 is 2.89 bits per heavy atom. The number of piperidine rings is 1. The summed E-state index contributed by atoms with van der Waals surface area (Å²) in [6.07, 6.45) is 8.76. The van der Waals surface area contributed by atoms with E-state index in [1.54, 1.807) is 0 Å². The van der Waals surface area contributed by atoms with Crippen LogP contribution in [0.25, 0.3) is 0 Å². The minimum atomic E-state index is -0.478. The van der Waals surface area contributed by atoms with Gasteiger partial charge in [-0.3, -0.25) is 4.79 Å². The van der Waals surface area contributed by atoms with Crippen molar-refractivity contribution in [1.82, 2.24) is 4.90 Å².